The second kappa shape index (κ2) is 10.7. The fourth-order valence-corrected chi connectivity index (χ4v) is 3.45. The molecule has 0 N–H and O–H groups in total. The first-order chi connectivity index (χ1) is 15.1. The van der Waals surface area contributed by atoms with Crippen molar-refractivity contribution in [3.05, 3.63) is 71.5 Å². The molecule has 1 amide bonds. The summed E-state index contributed by atoms with van der Waals surface area (Å²) in [6, 6.07) is 15.3. The predicted molar refractivity (Wildman–Crippen MR) is 119 cm³/mol. The van der Waals surface area contributed by atoms with E-state index in [-0.39, 0.29) is 11.7 Å². The molecule has 2 aromatic carbocycles. The Kier molecular flexibility index (Phi) is 7.78. The highest BCUT2D eigenvalue weighted by atomic mass is 19.1. The number of hydrogen-bond acceptors (Lipinski definition) is 5. The number of amides is 1. The Bertz CT molecular complexity index is 969. The zero-order valence-electron chi connectivity index (χ0n) is 18.2. The van der Waals surface area contributed by atoms with Gasteiger partial charge >= 0.3 is 0 Å². The first-order valence-corrected chi connectivity index (χ1v) is 10.4. The number of ether oxygens (including phenoxy) is 1. The standard InChI is InChI=1S/C24H28FN3O3/c1-4-27(5-2)24-21(22(26-31-24)18-9-7-6-8-10-18)17-28(15-16-30-3)23(29)19-11-13-20(25)14-12-19/h6-14H,4-5,15-17H2,1-3H3. The van der Waals surface area contributed by atoms with Crippen LogP contribution >= 0.6 is 0 Å². The Morgan fingerprint density at radius 1 is 1.06 bits per heavy atom. The van der Waals surface area contributed by atoms with Crippen molar-refractivity contribution in [2.75, 3.05) is 38.3 Å². The van der Waals surface area contributed by atoms with Crippen LogP contribution in [0.3, 0.4) is 0 Å². The number of rotatable bonds is 10. The molecule has 1 heterocycles. The fraction of sp³-hybridized carbons (Fsp3) is 0.333. The molecular formula is C24H28FN3O3. The Hall–Kier alpha value is -3.19. The minimum absolute atomic E-state index is 0.206. The van der Waals surface area contributed by atoms with Gasteiger partial charge < -0.3 is 19.1 Å². The number of carbonyl (C=O) groups is 1. The van der Waals surface area contributed by atoms with Crippen LogP contribution < -0.4 is 4.90 Å². The molecule has 0 fully saturated rings. The van der Waals surface area contributed by atoms with Crippen molar-refractivity contribution in [1.82, 2.24) is 10.1 Å². The number of aromatic nitrogens is 1. The summed E-state index contributed by atoms with van der Waals surface area (Å²) in [5, 5.41) is 4.34. The summed E-state index contributed by atoms with van der Waals surface area (Å²) in [5.41, 5.74) is 2.87. The van der Waals surface area contributed by atoms with Gasteiger partial charge in [-0.1, -0.05) is 35.5 Å². The summed E-state index contributed by atoms with van der Waals surface area (Å²) in [6.07, 6.45) is 0. The minimum atomic E-state index is -0.380. The SMILES string of the molecule is CCN(CC)c1onc(-c2ccccc2)c1CN(CCOC)C(=O)c1ccc(F)cc1. The molecule has 0 unspecified atom stereocenters. The van der Waals surface area contributed by atoms with E-state index < -0.39 is 0 Å². The summed E-state index contributed by atoms with van der Waals surface area (Å²) < 4.78 is 24.3. The normalized spacial score (nSPS) is 10.8. The van der Waals surface area contributed by atoms with Crippen molar-refractivity contribution < 1.29 is 18.4 Å². The molecule has 0 aliphatic rings. The van der Waals surface area contributed by atoms with Gasteiger partial charge in [-0.25, -0.2) is 4.39 Å². The summed E-state index contributed by atoms with van der Waals surface area (Å²) in [7, 11) is 1.59. The second-order valence-corrected chi connectivity index (χ2v) is 7.08. The average molecular weight is 426 g/mol. The van der Waals surface area contributed by atoms with Crippen LogP contribution in [0.4, 0.5) is 10.3 Å². The molecule has 0 saturated heterocycles. The van der Waals surface area contributed by atoms with Crippen molar-refractivity contribution in [1.29, 1.82) is 0 Å². The van der Waals surface area contributed by atoms with E-state index in [1.54, 1.807) is 12.0 Å². The van der Waals surface area contributed by atoms with E-state index in [0.717, 1.165) is 24.2 Å². The van der Waals surface area contributed by atoms with Crippen molar-refractivity contribution in [3.63, 3.8) is 0 Å². The molecule has 3 aromatic rings. The molecular weight excluding hydrogens is 397 g/mol. The number of nitrogens with zero attached hydrogens (tertiary/aromatic N) is 3. The number of methoxy groups -OCH3 is 1. The van der Waals surface area contributed by atoms with E-state index in [4.69, 9.17) is 9.26 Å². The van der Waals surface area contributed by atoms with Crippen molar-refractivity contribution in [3.8, 4) is 11.3 Å². The van der Waals surface area contributed by atoms with Gasteiger partial charge in [-0.05, 0) is 38.1 Å². The topological polar surface area (TPSA) is 58.8 Å². The number of halogens is 1. The minimum Gasteiger partial charge on any atom is -0.383 e. The third-order valence-electron chi connectivity index (χ3n) is 5.16. The predicted octanol–water partition coefficient (Wildman–Crippen LogP) is 4.62. The van der Waals surface area contributed by atoms with Crippen molar-refractivity contribution in [2.24, 2.45) is 0 Å². The monoisotopic (exact) mass is 425 g/mol. The van der Waals surface area contributed by atoms with Crippen LogP contribution in [0.25, 0.3) is 11.3 Å². The Morgan fingerprint density at radius 2 is 1.74 bits per heavy atom. The van der Waals surface area contributed by atoms with Crippen molar-refractivity contribution >= 4 is 11.8 Å². The molecule has 0 aliphatic carbocycles. The number of anilines is 1. The molecule has 0 radical (unpaired) electrons. The van der Waals surface area contributed by atoms with Crippen LogP contribution in [-0.4, -0.2) is 49.3 Å². The molecule has 1 aromatic heterocycles. The maximum atomic E-state index is 13.3. The highest BCUT2D eigenvalue weighted by molar-refractivity contribution is 5.94. The van der Waals surface area contributed by atoms with E-state index in [1.807, 2.05) is 44.2 Å². The number of benzene rings is 2. The number of carbonyl (C=O) groups excluding carboxylic acids is 1. The zero-order chi connectivity index (χ0) is 22.2. The largest absolute Gasteiger partial charge is 0.383 e. The molecule has 0 saturated carbocycles. The first kappa shape index (κ1) is 22.5. The molecule has 0 bridgehead atoms. The molecule has 0 aliphatic heterocycles. The van der Waals surface area contributed by atoms with Gasteiger partial charge in [-0.2, -0.15) is 0 Å². The van der Waals surface area contributed by atoms with Crippen molar-refractivity contribution in [2.45, 2.75) is 20.4 Å². The second-order valence-electron chi connectivity index (χ2n) is 7.08. The summed E-state index contributed by atoms with van der Waals surface area (Å²) >= 11 is 0. The van der Waals surface area contributed by atoms with Crippen LogP contribution in [0.5, 0.6) is 0 Å². The lowest BCUT2D eigenvalue weighted by molar-refractivity contribution is 0.0680. The molecule has 0 spiro atoms. The Balaban J connectivity index is 2.01. The zero-order valence-corrected chi connectivity index (χ0v) is 18.2. The van der Waals surface area contributed by atoms with Gasteiger partial charge in [0.2, 0.25) is 5.88 Å². The van der Waals surface area contributed by atoms with E-state index in [2.05, 4.69) is 10.1 Å². The van der Waals surface area contributed by atoms with Crippen LogP contribution in [-0.2, 0) is 11.3 Å². The van der Waals surface area contributed by atoms with E-state index in [1.165, 1.54) is 24.3 Å². The molecule has 3 rings (SSSR count). The quantitative estimate of drug-likeness (QED) is 0.475. The first-order valence-electron chi connectivity index (χ1n) is 10.4. The molecule has 31 heavy (non-hydrogen) atoms. The smallest absolute Gasteiger partial charge is 0.254 e. The van der Waals surface area contributed by atoms with E-state index in [9.17, 15) is 9.18 Å². The molecule has 7 heteroatoms. The van der Waals surface area contributed by atoms with Gasteiger partial charge in [0.25, 0.3) is 5.91 Å². The Labute approximate surface area is 182 Å². The maximum Gasteiger partial charge on any atom is 0.254 e. The van der Waals surface area contributed by atoms with Gasteiger partial charge in [-0.3, -0.25) is 4.79 Å². The third-order valence-corrected chi connectivity index (χ3v) is 5.16. The lowest BCUT2D eigenvalue weighted by atomic mass is 10.1. The van der Waals surface area contributed by atoms with Crippen LogP contribution in [0, 0.1) is 5.82 Å². The summed E-state index contributed by atoms with van der Waals surface area (Å²) in [6.45, 7) is 6.63. The highest BCUT2D eigenvalue weighted by Gasteiger charge is 2.26. The Morgan fingerprint density at radius 3 is 2.35 bits per heavy atom. The van der Waals surface area contributed by atoms with Gasteiger partial charge in [0.15, 0.2) is 0 Å². The van der Waals surface area contributed by atoms with Gasteiger partial charge in [-0.15, -0.1) is 0 Å². The number of hydrogen-bond donors (Lipinski definition) is 0. The maximum absolute atomic E-state index is 13.3. The van der Waals surface area contributed by atoms with Crippen LogP contribution in [0.15, 0.2) is 59.1 Å². The fourth-order valence-electron chi connectivity index (χ4n) is 3.45. The highest BCUT2D eigenvalue weighted by Crippen LogP contribution is 2.32. The molecule has 6 nitrogen and oxygen atoms in total. The van der Waals surface area contributed by atoms with Crippen LogP contribution in [0.2, 0.25) is 0 Å². The summed E-state index contributed by atoms with van der Waals surface area (Å²) in [5.74, 6) is 0.0649. The van der Waals surface area contributed by atoms with Gasteiger partial charge in [0, 0.05) is 37.9 Å². The average Bonchev–Trinajstić information content (AvgIpc) is 3.21. The van der Waals surface area contributed by atoms with Crippen LogP contribution in [0.1, 0.15) is 29.8 Å². The van der Waals surface area contributed by atoms with Gasteiger partial charge in [0.1, 0.15) is 11.5 Å². The lowest BCUT2D eigenvalue weighted by Gasteiger charge is -2.25. The van der Waals surface area contributed by atoms with E-state index in [0.29, 0.717) is 36.8 Å². The van der Waals surface area contributed by atoms with Gasteiger partial charge in [0.05, 0.1) is 18.7 Å². The van der Waals surface area contributed by atoms with E-state index >= 15 is 0 Å². The molecule has 0 atom stereocenters. The summed E-state index contributed by atoms with van der Waals surface area (Å²) in [4.78, 5) is 17.0. The third kappa shape index (κ3) is 5.30. The molecule has 164 valence electrons. The lowest BCUT2D eigenvalue weighted by Crippen LogP contribution is -2.34.